The Labute approximate surface area is 127 Å². The zero-order valence-electron chi connectivity index (χ0n) is 11.5. The summed E-state index contributed by atoms with van der Waals surface area (Å²) in [4.78, 5) is 33.1. The summed E-state index contributed by atoms with van der Waals surface area (Å²) >= 11 is 0. The summed E-state index contributed by atoms with van der Waals surface area (Å²) in [7, 11) is 0. The fourth-order valence-corrected chi connectivity index (χ4v) is 2.07. The Bertz CT molecular complexity index is 660. The Morgan fingerprint density at radius 3 is 2.57 bits per heavy atom. The third-order valence-corrected chi connectivity index (χ3v) is 3.04. The number of nitrogens with one attached hydrogen (secondary N) is 1. The Morgan fingerprint density at radius 2 is 1.96 bits per heavy atom. The first-order chi connectivity index (χ1) is 10.7. The van der Waals surface area contributed by atoms with Gasteiger partial charge < -0.3 is 15.2 Å². The number of primary amides is 1. The molecule has 0 spiro atoms. The van der Waals surface area contributed by atoms with Gasteiger partial charge in [0, 0.05) is 12.1 Å². The number of nitrogens with two attached hydrogens (primary N) is 1. The maximum atomic E-state index is 12.3. The quantitative estimate of drug-likeness (QED) is 0.622. The third kappa shape index (κ3) is 3.97. The standard InChI is InChI=1S/C13H11F3N2O5/c14-13(15,16)11(20)22-9-8-5-7(10(19)23-12(17)21)2-1-6(8)3-4-18-9/h1-2,5,9,18H,3-4H2,(H2,17,21). The molecule has 0 saturated heterocycles. The van der Waals surface area contributed by atoms with Crippen LogP contribution in [0, 0.1) is 0 Å². The molecule has 0 aliphatic carbocycles. The van der Waals surface area contributed by atoms with Crippen molar-refractivity contribution in [3.63, 3.8) is 0 Å². The Balaban J connectivity index is 2.27. The SMILES string of the molecule is NC(=O)OC(=O)c1ccc2c(c1)C(OC(=O)C(F)(F)F)NCC2. The lowest BCUT2D eigenvalue weighted by atomic mass is 9.97. The first-order valence-corrected chi connectivity index (χ1v) is 6.34. The molecule has 1 atom stereocenters. The summed E-state index contributed by atoms with van der Waals surface area (Å²) in [5.41, 5.74) is 5.38. The predicted molar refractivity (Wildman–Crippen MR) is 68.0 cm³/mol. The third-order valence-electron chi connectivity index (χ3n) is 3.04. The van der Waals surface area contributed by atoms with Crippen LogP contribution in [0.3, 0.4) is 0 Å². The highest BCUT2D eigenvalue weighted by Crippen LogP contribution is 2.28. The molecule has 0 aromatic heterocycles. The van der Waals surface area contributed by atoms with Crippen LogP contribution in [0.1, 0.15) is 27.7 Å². The van der Waals surface area contributed by atoms with Gasteiger partial charge in [-0.05, 0) is 24.1 Å². The number of ether oxygens (including phenoxy) is 2. The van der Waals surface area contributed by atoms with Crippen molar-refractivity contribution in [3.8, 4) is 0 Å². The predicted octanol–water partition coefficient (Wildman–Crippen LogP) is 1.17. The lowest BCUT2D eigenvalue weighted by molar-refractivity contribution is -0.207. The normalized spacial score (nSPS) is 17.1. The second kappa shape index (κ2) is 6.24. The first kappa shape index (κ1) is 16.7. The molecule has 124 valence electrons. The van der Waals surface area contributed by atoms with Gasteiger partial charge in [0.05, 0.1) is 5.56 Å². The minimum Gasteiger partial charge on any atom is -0.436 e. The van der Waals surface area contributed by atoms with Gasteiger partial charge in [-0.3, -0.25) is 5.32 Å². The molecule has 1 aliphatic rings. The molecular formula is C13H11F3N2O5. The lowest BCUT2D eigenvalue weighted by Gasteiger charge is -2.27. The summed E-state index contributed by atoms with van der Waals surface area (Å²) in [6, 6.07) is 3.99. The highest BCUT2D eigenvalue weighted by molar-refractivity contribution is 5.96. The van der Waals surface area contributed by atoms with Gasteiger partial charge in [0.2, 0.25) is 0 Å². The van der Waals surface area contributed by atoms with E-state index in [2.05, 4.69) is 14.8 Å². The lowest BCUT2D eigenvalue weighted by Crippen LogP contribution is -2.37. The van der Waals surface area contributed by atoms with Crippen LogP contribution in [0.5, 0.6) is 0 Å². The monoisotopic (exact) mass is 332 g/mol. The molecule has 2 rings (SSSR count). The van der Waals surface area contributed by atoms with Crippen molar-refractivity contribution in [2.75, 3.05) is 6.54 Å². The van der Waals surface area contributed by atoms with E-state index in [1.807, 2.05) is 0 Å². The molecule has 1 aromatic carbocycles. The summed E-state index contributed by atoms with van der Waals surface area (Å²) in [6.45, 7) is 0.286. The maximum absolute atomic E-state index is 12.3. The fourth-order valence-electron chi connectivity index (χ4n) is 2.07. The number of carbonyl (C=O) groups excluding carboxylic acids is 3. The van der Waals surface area contributed by atoms with Crippen LogP contribution >= 0.6 is 0 Å². The van der Waals surface area contributed by atoms with Crippen molar-refractivity contribution < 1.29 is 37.0 Å². The van der Waals surface area contributed by atoms with E-state index in [1.54, 1.807) is 0 Å². The summed E-state index contributed by atoms with van der Waals surface area (Å²) in [5.74, 6) is -3.42. The van der Waals surface area contributed by atoms with Gasteiger partial charge in [-0.2, -0.15) is 13.2 Å². The maximum Gasteiger partial charge on any atom is 0.490 e. The average molecular weight is 332 g/mol. The van der Waals surface area contributed by atoms with Crippen LogP contribution in [0.25, 0.3) is 0 Å². The summed E-state index contributed by atoms with van der Waals surface area (Å²) in [5, 5.41) is 2.60. The number of amides is 1. The number of alkyl halides is 3. The van der Waals surface area contributed by atoms with E-state index in [0.29, 0.717) is 12.0 Å². The van der Waals surface area contributed by atoms with Crippen molar-refractivity contribution in [1.29, 1.82) is 0 Å². The number of hydrogen-bond acceptors (Lipinski definition) is 6. The topological polar surface area (TPSA) is 108 Å². The van der Waals surface area contributed by atoms with Crippen molar-refractivity contribution >= 4 is 18.0 Å². The second-order valence-electron chi connectivity index (χ2n) is 4.61. The Hall–Kier alpha value is -2.62. The summed E-state index contributed by atoms with van der Waals surface area (Å²) < 4.78 is 45.5. The largest absolute Gasteiger partial charge is 0.490 e. The fraction of sp³-hybridized carbons (Fsp3) is 0.308. The minimum atomic E-state index is -5.14. The summed E-state index contributed by atoms with van der Waals surface area (Å²) in [6.07, 6.45) is -7.36. The first-order valence-electron chi connectivity index (χ1n) is 6.34. The molecular weight excluding hydrogens is 321 g/mol. The second-order valence-corrected chi connectivity index (χ2v) is 4.61. The van der Waals surface area contributed by atoms with Gasteiger partial charge in [-0.15, -0.1) is 0 Å². The molecule has 0 bridgehead atoms. The van der Waals surface area contributed by atoms with E-state index in [1.165, 1.54) is 18.2 Å². The van der Waals surface area contributed by atoms with Gasteiger partial charge >= 0.3 is 24.2 Å². The van der Waals surface area contributed by atoms with Crippen LogP contribution in [0.15, 0.2) is 18.2 Å². The van der Waals surface area contributed by atoms with Gasteiger partial charge in [0.1, 0.15) is 0 Å². The molecule has 0 fully saturated rings. The van der Waals surface area contributed by atoms with Crippen LogP contribution < -0.4 is 11.1 Å². The molecule has 3 N–H and O–H groups in total. The van der Waals surface area contributed by atoms with Crippen LogP contribution in [-0.4, -0.2) is 30.8 Å². The van der Waals surface area contributed by atoms with Gasteiger partial charge in [0.15, 0.2) is 6.23 Å². The van der Waals surface area contributed by atoms with Crippen molar-refractivity contribution in [1.82, 2.24) is 5.32 Å². The van der Waals surface area contributed by atoms with Crippen LogP contribution in [0.2, 0.25) is 0 Å². The smallest absolute Gasteiger partial charge is 0.436 e. The van der Waals surface area contributed by atoms with E-state index in [0.717, 1.165) is 0 Å². The van der Waals surface area contributed by atoms with Crippen molar-refractivity contribution in [3.05, 3.63) is 34.9 Å². The average Bonchev–Trinajstić information content (AvgIpc) is 2.45. The molecule has 23 heavy (non-hydrogen) atoms. The van der Waals surface area contributed by atoms with Gasteiger partial charge in [-0.25, -0.2) is 14.4 Å². The highest BCUT2D eigenvalue weighted by atomic mass is 19.4. The van der Waals surface area contributed by atoms with E-state index in [-0.39, 0.29) is 17.7 Å². The highest BCUT2D eigenvalue weighted by Gasteiger charge is 2.43. The number of carbonyl (C=O) groups is 3. The number of esters is 2. The molecule has 1 unspecified atom stereocenters. The van der Waals surface area contributed by atoms with Crippen molar-refractivity contribution in [2.45, 2.75) is 18.8 Å². The number of hydrogen-bond donors (Lipinski definition) is 2. The van der Waals surface area contributed by atoms with Crippen molar-refractivity contribution in [2.24, 2.45) is 5.73 Å². The molecule has 7 nitrogen and oxygen atoms in total. The molecule has 1 amide bonds. The number of rotatable bonds is 2. The number of halogens is 3. The molecule has 0 saturated carbocycles. The molecule has 1 aliphatic heterocycles. The molecule has 1 heterocycles. The zero-order valence-corrected chi connectivity index (χ0v) is 11.5. The van der Waals surface area contributed by atoms with E-state index in [4.69, 9.17) is 5.73 Å². The van der Waals surface area contributed by atoms with Crippen LogP contribution in [0.4, 0.5) is 18.0 Å². The number of fused-ring (bicyclic) bond motifs is 1. The Kier molecular flexibility index (Phi) is 4.55. The zero-order chi connectivity index (χ0) is 17.2. The minimum absolute atomic E-state index is 0.112. The van der Waals surface area contributed by atoms with Gasteiger partial charge in [-0.1, -0.05) is 6.07 Å². The number of benzene rings is 1. The van der Waals surface area contributed by atoms with E-state index < -0.39 is 30.4 Å². The van der Waals surface area contributed by atoms with E-state index >= 15 is 0 Å². The molecule has 1 aromatic rings. The molecule has 0 radical (unpaired) electrons. The Morgan fingerprint density at radius 1 is 1.26 bits per heavy atom. The van der Waals surface area contributed by atoms with Gasteiger partial charge in [0.25, 0.3) is 0 Å². The van der Waals surface area contributed by atoms with Crippen LogP contribution in [-0.2, 0) is 20.7 Å². The van der Waals surface area contributed by atoms with E-state index in [9.17, 15) is 27.6 Å². The molecule has 10 heteroatoms.